The number of hydrogen-bond donors (Lipinski definition) is 2. The van der Waals surface area contributed by atoms with Crippen molar-refractivity contribution in [3.05, 3.63) is 41.7 Å². The number of aromatic amines is 1. The van der Waals surface area contributed by atoms with Gasteiger partial charge in [0, 0.05) is 12.1 Å². The van der Waals surface area contributed by atoms with Gasteiger partial charge in [-0.2, -0.15) is 5.10 Å². The summed E-state index contributed by atoms with van der Waals surface area (Å²) in [4.78, 5) is 11.8. The van der Waals surface area contributed by atoms with E-state index in [1.54, 1.807) is 17.8 Å². The second-order valence-electron chi connectivity index (χ2n) is 4.26. The molecule has 0 atom stereocenters. The summed E-state index contributed by atoms with van der Waals surface area (Å²) in [5, 5.41) is 9.60. The molecule has 7 heteroatoms. The number of ether oxygens (including phenoxy) is 1. The predicted molar refractivity (Wildman–Crippen MR) is 82.6 cm³/mol. The highest BCUT2D eigenvalue weighted by atomic mass is 32.1. The monoisotopic (exact) mass is 304 g/mol. The number of rotatable bonds is 6. The van der Waals surface area contributed by atoms with E-state index in [1.165, 1.54) is 0 Å². The molecule has 2 rings (SSSR count). The maximum absolute atomic E-state index is 11.8. The van der Waals surface area contributed by atoms with Crippen LogP contribution in [0.15, 0.2) is 36.9 Å². The Kier molecular flexibility index (Phi) is 4.89. The number of methoxy groups -OCH3 is 1. The molecule has 0 aliphatic heterocycles. The Morgan fingerprint density at radius 2 is 2.24 bits per heavy atom. The standard InChI is InChI=1S/C14H16N4O2S/c1-3-8-15-12(19)9-18-13(16-17-14(18)21)10-4-6-11(20-2)7-5-10/h3-7H,1,8-9H2,2H3,(H,15,19)(H,17,21). The lowest BCUT2D eigenvalue weighted by Crippen LogP contribution is -2.27. The van der Waals surface area contributed by atoms with Crippen molar-refractivity contribution >= 4 is 18.1 Å². The molecule has 1 amide bonds. The van der Waals surface area contributed by atoms with Crippen molar-refractivity contribution in [2.45, 2.75) is 6.54 Å². The fourth-order valence-electron chi connectivity index (χ4n) is 1.81. The quantitative estimate of drug-likeness (QED) is 0.632. The normalized spacial score (nSPS) is 10.1. The Hall–Kier alpha value is -2.41. The zero-order chi connectivity index (χ0) is 15.2. The second kappa shape index (κ2) is 6.85. The number of nitrogens with zero attached hydrogens (tertiary/aromatic N) is 2. The van der Waals surface area contributed by atoms with Crippen LogP contribution in [0.25, 0.3) is 11.4 Å². The number of carbonyl (C=O) groups is 1. The molecule has 110 valence electrons. The van der Waals surface area contributed by atoms with E-state index < -0.39 is 0 Å². The summed E-state index contributed by atoms with van der Waals surface area (Å²) in [6, 6.07) is 7.38. The summed E-state index contributed by atoms with van der Waals surface area (Å²) in [6.45, 7) is 4.08. The lowest BCUT2D eigenvalue weighted by molar-refractivity contribution is -0.121. The third-order valence-electron chi connectivity index (χ3n) is 2.85. The van der Waals surface area contributed by atoms with Crippen LogP contribution in [0.3, 0.4) is 0 Å². The summed E-state index contributed by atoms with van der Waals surface area (Å²) in [7, 11) is 1.61. The molecule has 0 unspecified atom stereocenters. The summed E-state index contributed by atoms with van der Waals surface area (Å²) in [5.74, 6) is 1.21. The van der Waals surface area contributed by atoms with E-state index in [2.05, 4.69) is 22.1 Å². The van der Waals surface area contributed by atoms with Gasteiger partial charge in [0.25, 0.3) is 0 Å². The van der Waals surface area contributed by atoms with Gasteiger partial charge in [0.2, 0.25) is 5.91 Å². The summed E-state index contributed by atoms with van der Waals surface area (Å²) >= 11 is 5.17. The highest BCUT2D eigenvalue weighted by Gasteiger charge is 2.12. The minimum Gasteiger partial charge on any atom is -0.497 e. The van der Waals surface area contributed by atoms with Crippen molar-refractivity contribution in [3.63, 3.8) is 0 Å². The van der Waals surface area contributed by atoms with E-state index in [9.17, 15) is 4.79 Å². The molecule has 21 heavy (non-hydrogen) atoms. The first-order valence-corrected chi connectivity index (χ1v) is 6.73. The van der Waals surface area contributed by atoms with Crippen LogP contribution in [0.5, 0.6) is 5.75 Å². The minimum atomic E-state index is -0.151. The van der Waals surface area contributed by atoms with Crippen molar-refractivity contribution in [2.24, 2.45) is 0 Å². The highest BCUT2D eigenvalue weighted by Crippen LogP contribution is 2.20. The predicted octanol–water partition coefficient (Wildman–Crippen LogP) is 1.92. The van der Waals surface area contributed by atoms with E-state index in [-0.39, 0.29) is 12.5 Å². The van der Waals surface area contributed by atoms with Crippen molar-refractivity contribution in [2.75, 3.05) is 13.7 Å². The topological polar surface area (TPSA) is 71.9 Å². The molecule has 1 aromatic heterocycles. The Labute approximate surface area is 127 Å². The van der Waals surface area contributed by atoms with Crippen LogP contribution in [0.2, 0.25) is 0 Å². The van der Waals surface area contributed by atoms with Crippen LogP contribution in [-0.4, -0.2) is 34.3 Å². The van der Waals surface area contributed by atoms with Crippen molar-refractivity contribution in [1.29, 1.82) is 0 Å². The molecule has 0 saturated heterocycles. The molecule has 2 aromatic rings. The summed E-state index contributed by atoms with van der Waals surface area (Å²) in [6.07, 6.45) is 1.62. The lowest BCUT2D eigenvalue weighted by Gasteiger charge is -2.07. The van der Waals surface area contributed by atoms with Crippen LogP contribution >= 0.6 is 12.2 Å². The van der Waals surface area contributed by atoms with Gasteiger partial charge in [-0.3, -0.25) is 14.5 Å². The first kappa shape index (κ1) is 15.0. The first-order valence-electron chi connectivity index (χ1n) is 6.33. The van der Waals surface area contributed by atoms with E-state index in [1.807, 2.05) is 24.3 Å². The molecule has 0 radical (unpaired) electrons. The average Bonchev–Trinajstić information content (AvgIpc) is 2.86. The van der Waals surface area contributed by atoms with Crippen LogP contribution in [-0.2, 0) is 11.3 Å². The van der Waals surface area contributed by atoms with Gasteiger partial charge in [0.1, 0.15) is 12.3 Å². The van der Waals surface area contributed by atoms with E-state index in [0.717, 1.165) is 11.3 Å². The van der Waals surface area contributed by atoms with E-state index in [4.69, 9.17) is 17.0 Å². The van der Waals surface area contributed by atoms with Gasteiger partial charge < -0.3 is 10.1 Å². The maximum atomic E-state index is 11.8. The summed E-state index contributed by atoms with van der Waals surface area (Å²) < 4.78 is 7.17. The van der Waals surface area contributed by atoms with Gasteiger partial charge in [0.15, 0.2) is 10.6 Å². The SMILES string of the molecule is C=CCNC(=O)Cn1c(-c2ccc(OC)cc2)n[nH]c1=S. The molecule has 6 nitrogen and oxygen atoms in total. The molecule has 0 aliphatic carbocycles. The van der Waals surface area contributed by atoms with Crippen molar-refractivity contribution in [1.82, 2.24) is 20.1 Å². The molecule has 1 aromatic carbocycles. The molecule has 0 aliphatic rings. The average molecular weight is 304 g/mol. The zero-order valence-corrected chi connectivity index (χ0v) is 12.4. The van der Waals surface area contributed by atoms with Gasteiger partial charge >= 0.3 is 0 Å². The zero-order valence-electron chi connectivity index (χ0n) is 11.6. The van der Waals surface area contributed by atoms with Crippen molar-refractivity contribution in [3.8, 4) is 17.1 Å². The largest absolute Gasteiger partial charge is 0.497 e. The summed E-state index contributed by atoms with van der Waals surface area (Å²) in [5.41, 5.74) is 0.847. The fraction of sp³-hybridized carbons (Fsp3) is 0.214. The molecule has 0 saturated carbocycles. The van der Waals surface area contributed by atoms with Crippen LogP contribution in [0.4, 0.5) is 0 Å². The Morgan fingerprint density at radius 3 is 2.86 bits per heavy atom. The van der Waals surface area contributed by atoms with Gasteiger partial charge in [0.05, 0.1) is 7.11 Å². The Balaban J connectivity index is 2.26. The Bertz CT molecular complexity index is 688. The number of amides is 1. The number of H-pyrrole nitrogens is 1. The molecule has 0 spiro atoms. The van der Waals surface area contributed by atoms with Crippen LogP contribution < -0.4 is 10.1 Å². The van der Waals surface area contributed by atoms with Gasteiger partial charge in [-0.15, -0.1) is 6.58 Å². The van der Waals surface area contributed by atoms with Gasteiger partial charge in [-0.05, 0) is 36.5 Å². The lowest BCUT2D eigenvalue weighted by atomic mass is 10.2. The molecule has 2 N–H and O–H groups in total. The third-order valence-corrected chi connectivity index (χ3v) is 3.16. The molecule has 0 fully saturated rings. The second-order valence-corrected chi connectivity index (χ2v) is 4.65. The Morgan fingerprint density at radius 1 is 1.52 bits per heavy atom. The van der Waals surface area contributed by atoms with Gasteiger partial charge in [-0.25, -0.2) is 0 Å². The number of benzene rings is 1. The van der Waals surface area contributed by atoms with Crippen LogP contribution in [0, 0.1) is 4.77 Å². The number of carbonyl (C=O) groups excluding carboxylic acids is 1. The van der Waals surface area contributed by atoms with E-state index >= 15 is 0 Å². The number of hydrogen-bond acceptors (Lipinski definition) is 4. The smallest absolute Gasteiger partial charge is 0.240 e. The molecular formula is C14H16N4O2S. The number of aromatic nitrogens is 3. The molecular weight excluding hydrogens is 288 g/mol. The minimum absolute atomic E-state index is 0.102. The fourth-order valence-corrected chi connectivity index (χ4v) is 2.01. The maximum Gasteiger partial charge on any atom is 0.240 e. The first-order chi connectivity index (χ1) is 10.2. The van der Waals surface area contributed by atoms with Crippen LogP contribution in [0.1, 0.15) is 0 Å². The van der Waals surface area contributed by atoms with Crippen molar-refractivity contribution < 1.29 is 9.53 Å². The third kappa shape index (κ3) is 3.57. The number of nitrogens with one attached hydrogen (secondary N) is 2. The van der Waals surface area contributed by atoms with E-state index in [0.29, 0.717) is 17.1 Å². The highest BCUT2D eigenvalue weighted by molar-refractivity contribution is 7.71. The molecule has 1 heterocycles. The molecule has 0 bridgehead atoms. The van der Waals surface area contributed by atoms with Gasteiger partial charge in [-0.1, -0.05) is 6.08 Å².